The molecule has 232 valence electrons. The number of piperazine rings is 1. The molecule has 0 bridgehead atoms. The number of benzene rings is 2. The Morgan fingerprint density at radius 1 is 1.00 bits per heavy atom. The van der Waals surface area contributed by atoms with Gasteiger partial charge in [-0.1, -0.05) is 48.2 Å². The number of hydrogen-bond donors (Lipinski definition) is 1. The molecule has 3 amide bonds. The number of carbonyl (C=O) groups is 3. The molecule has 3 unspecified atom stereocenters. The molecule has 3 fully saturated rings. The average molecular weight is 652 g/mol. The first kappa shape index (κ1) is 31.6. The quantitative estimate of drug-likeness (QED) is 0.466. The lowest BCUT2D eigenvalue weighted by molar-refractivity contribution is -0.169. The number of ether oxygens (including phenoxy) is 1. The maximum absolute atomic E-state index is 14.4. The molecule has 0 spiro atoms. The number of halogens is 2. The lowest BCUT2D eigenvalue weighted by atomic mass is 9.96. The van der Waals surface area contributed by atoms with Gasteiger partial charge in [-0.2, -0.15) is 4.31 Å². The summed E-state index contributed by atoms with van der Waals surface area (Å²) in [6.07, 6.45) is 2.37. The SMILES string of the molecule is COc1ccc(Cl)cc1S(=O)(=O)N1CC(NC(=O)C2CCCC2)C(=O)N2C(Cc3ccc(Cl)cc3)C(=O)N(C(C)C)CC21. The summed E-state index contributed by atoms with van der Waals surface area (Å²) in [4.78, 5) is 44.2. The number of nitrogens with zero attached hydrogens (tertiary/aromatic N) is 3. The van der Waals surface area contributed by atoms with Crippen LogP contribution in [0.15, 0.2) is 47.4 Å². The van der Waals surface area contributed by atoms with Crippen LogP contribution in [0.25, 0.3) is 0 Å². The lowest BCUT2D eigenvalue weighted by Crippen LogP contribution is -2.76. The van der Waals surface area contributed by atoms with Gasteiger partial charge in [-0.3, -0.25) is 14.4 Å². The van der Waals surface area contributed by atoms with Gasteiger partial charge in [-0.05, 0) is 62.6 Å². The van der Waals surface area contributed by atoms with E-state index in [0.29, 0.717) is 17.9 Å². The van der Waals surface area contributed by atoms with Gasteiger partial charge >= 0.3 is 0 Å². The molecule has 0 radical (unpaired) electrons. The van der Waals surface area contributed by atoms with E-state index in [4.69, 9.17) is 27.9 Å². The summed E-state index contributed by atoms with van der Waals surface area (Å²) in [6.45, 7) is 3.36. The van der Waals surface area contributed by atoms with E-state index in [1.165, 1.54) is 34.5 Å². The minimum absolute atomic E-state index is 0.0369. The van der Waals surface area contributed by atoms with Gasteiger partial charge < -0.3 is 19.9 Å². The molecule has 2 saturated heterocycles. The minimum Gasteiger partial charge on any atom is -0.495 e. The van der Waals surface area contributed by atoms with Gasteiger partial charge in [0.25, 0.3) is 0 Å². The Morgan fingerprint density at radius 3 is 2.28 bits per heavy atom. The second-order valence-corrected chi connectivity index (χ2v) is 14.3. The summed E-state index contributed by atoms with van der Waals surface area (Å²) in [7, 11) is -2.99. The molecule has 0 aromatic heterocycles. The van der Waals surface area contributed by atoms with Gasteiger partial charge in [0.15, 0.2) is 0 Å². The fourth-order valence-corrected chi connectivity index (χ4v) is 8.41. The number of rotatable bonds is 8. The summed E-state index contributed by atoms with van der Waals surface area (Å²) in [5.41, 5.74) is 0.753. The largest absolute Gasteiger partial charge is 0.495 e. The highest BCUT2D eigenvalue weighted by molar-refractivity contribution is 7.89. The van der Waals surface area contributed by atoms with Crippen molar-refractivity contribution in [3.05, 3.63) is 58.1 Å². The molecule has 43 heavy (non-hydrogen) atoms. The van der Waals surface area contributed by atoms with E-state index in [1.807, 2.05) is 13.8 Å². The first-order chi connectivity index (χ1) is 20.4. The van der Waals surface area contributed by atoms with Crippen molar-refractivity contribution in [3.8, 4) is 5.75 Å². The van der Waals surface area contributed by atoms with E-state index in [9.17, 15) is 22.8 Å². The third-order valence-electron chi connectivity index (χ3n) is 8.55. The summed E-state index contributed by atoms with van der Waals surface area (Å²) in [5, 5.41) is 3.56. The summed E-state index contributed by atoms with van der Waals surface area (Å²) in [5.74, 6) is -1.22. The fourth-order valence-electron chi connectivity index (χ4n) is 6.28. The van der Waals surface area contributed by atoms with E-state index in [-0.39, 0.29) is 59.0 Å². The third kappa shape index (κ3) is 6.22. The number of nitrogens with one attached hydrogen (secondary N) is 1. The summed E-state index contributed by atoms with van der Waals surface area (Å²) >= 11 is 12.3. The lowest BCUT2D eigenvalue weighted by Gasteiger charge is -2.54. The smallest absolute Gasteiger partial charge is 0.248 e. The van der Waals surface area contributed by atoms with Crippen molar-refractivity contribution >= 4 is 50.9 Å². The first-order valence-electron chi connectivity index (χ1n) is 14.4. The van der Waals surface area contributed by atoms with Gasteiger partial charge in [-0.25, -0.2) is 8.42 Å². The predicted molar refractivity (Wildman–Crippen MR) is 162 cm³/mol. The molecule has 5 rings (SSSR count). The number of sulfonamides is 1. The topological polar surface area (TPSA) is 116 Å². The van der Waals surface area contributed by atoms with Crippen molar-refractivity contribution in [2.24, 2.45) is 5.92 Å². The molecule has 13 heteroatoms. The van der Waals surface area contributed by atoms with Crippen molar-refractivity contribution in [2.45, 2.75) is 75.1 Å². The fraction of sp³-hybridized carbons (Fsp3) is 0.500. The van der Waals surface area contributed by atoms with Crippen molar-refractivity contribution in [1.29, 1.82) is 0 Å². The van der Waals surface area contributed by atoms with Crippen molar-refractivity contribution in [1.82, 2.24) is 19.4 Å². The van der Waals surface area contributed by atoms with Crippen LogP contribution in [-0.4, -0.2) is 84.7 Å². The first-order valence-corrected chi connectivity index (χ1v) is 16.6. The average Bonchev–Trinajstić information content (AvgIpc) is 3.52. The van der Waals surface area contributed by atoms with Crippen LogP contribution in [0, 0.1) is 5.92 Å². The second-order valence-electron chi connectivity index (χ2n) is 11.6. The minimum atomic E-state index is -4.35. The van der Waals surface area contributed by atoms with E-state index in [1.54, 1.807) is 29.2 Å². The Balaban J connectivity index is 1.61. The van der Waals surface area contributed by atoms with Crippen LogP contribution in [0.1, 0.15) is 45.1 Å². The molecule has 1 aliphatic carbocycles. The molecule has 1 N–H and O–H groups in total. The highest BCUT2D eigenvalue weighted by Crippen LogP contribution is 2.36. The van der Waals surface area contributed by atoms with Gasteiger partial charge in [-0.15, -0.1) is 0 Å². The Kier molecular flexibility index (Phi) is 9.27. The maximum atomic E-state index is 14.4. The molecule has 10 nitrogen and oxygen atoms in total. The number of amides is 3. The molecule has 2 heterocycles. The standard InChI is InChI=1S/C30H36Cl2N4O6S/c1-18(2)34-17-27-35(43(40,41)26-15-22(32)12-13-25(26)42-3)16-23(33-28(37)20-6-4-5-7-20)29(38)36(27)24(30(34)39)14-19-8-10-21(31)11-9-19/h8-13,15,18,20,23-24,27H,4-7,14,16-17H2,1-3H3,(H,33,37). The van der Waals surface area contributed by atoms with Crippen LogP contribution in [0.4, 0.5) is 0 Å². The molecule has 2 aromatic rings. The Labute approximate surface area is 262 Å². The monoisotopic (exact) mass is 650 g/mol. The van der Waals surface area contributed by atoms with E-state index < -0.39 is 34.2 Å². The van der Waals surface area contributed by atoms with E-state index >= 15 is 0 Å². The highest BCUT2D eigenvalue weighted by Gasteiger charge is 2.54. The van der Waals surface area contributed by atoms with E-state index in [2.05, 4.69) is 5.32 Å². The zero-order chi connectivity index (χ0) is 31.1. The molecule has 3 atom stereocenters. The van der Waals surface area contributed by atoms with Crippen LogP contribution in [0.3, 0.4) is 0 Å². The summed E-state index contributed by atoms with van der Waals surface area (Å²) in [6, 6.07) is 8.79. The van der Waals surface area contributed by atoms with Crippen molar-refractivity contribution in [3.63, 3.8) is 0 Å². The Bertz CT molecular complexity index is 1500. The molecule has 3 aliphatic rings. The number of fused-ring (bicyclic) bond motifs is 1. The third-order valence-corrected chi connectivity index (χ3v) is 10.9. The zero-order valence-electron chi connectivity index (χ0n) is 24.3. The Hall–Kier alpha value is -2.86. The zero-order valence-corrected chi connectivity index (χ0v) is 26.7. The number of hydrogen-bond acceptors (Lipinski definition) is 6. The van der Waals surface area contributed by atoms with Gasteiger partial charge in [0, 0.05) is 35.0 Å². The van der Waals surface area contributed by atoms with Crippen LogP contribution in [-0.2, 0) is 30.8 Å². The maximum Gasteiger partial charge on any atom is 0.248 e. The Morgan fingerprint density at radius 2 is 1.65 bits per heavy atom. The molecular weight excluding hydrogens is 615 g/mol. The van der Waals surface area contributed by atoms with Gasteiger partial charge in [0.1, 0.15) is 28.9 Å². The second kappa shape index (κ2) is 12.6. The molecular formula is C30H36Cl2N4O6S. The van der Waals surface area contributed by atoms with Crippen LogP contribution >= 0.6 is 23.2 Å². The van der Waals surface area contributed by atoms with Crippen LogP contribution in [0.5, 0.6) is 5.75 Å². The molecule has 2 aliphatic heterocycles. The van der Waals surface area contributed by atoms with Crippen LogP contribution < -0.4 is 10.1 Å². The van der Waals surface area contributed by atoms with Gasteiger partial charge in [0.2, 0.25) is 27.7 Å². The highest BCUT2D eigenvalue weighted by atomic mass is 35.5. The van der Waals surface area contributed by atoms with Crippen LogP contribution in [0.2, 0.25) is 10.0 Å². The van der Waals surface area contributed by atoms with E-state index in [0.717, 1.165) is 18.4 Å². The number of carbonyl (C=O) groups excluding carboxylic acids is 3. The normalized spacial score (nSPS) is 23.5. The predicted octanol–water partition coefficient (Wildman–Crippen LogP) is 3.70. The summed E-state index contributed by atoms with van der Waals surface area (Å²) < 4.78 is 35.5. The van der Waals surface area contributed by atoms with Crippen molar-refractivity contribution < 1.29 is 27.5 Å². The molecule has 1 saturated carbocycles. The van der Waals surface area contributed by atoms with Gasteiger partial charge in [0.05, 0.1) is 13.7 Å². The number of methoxy groups -OCH3 is 1. The molecule has 2 aromatic carbocycles. The van der Waals surface area contributed by atoms with Crippen molar-refractivity contribution in [2.75, 3.05) is 20.2 Å².